The molecule has 0 saturated carbocycles. The Labute approximate surface area is 169 Å². The van der Waals surface area contributed by atoms with Gasteiger partial charge in [0, 0.05) is 50.2 Å². The Morgan fingerprint density at radius 3 is 2.45 bits per heavy atom. The lowest BCUT2D eigenvalue weighted by Gasteiger charge is -2.27. The van der Waals surface area contributed by atoms with Crippen molar-refractivity contribution in [2.24, 2.45) is 0 Å². The van der Waals surface area contributed by atoms with Crippen LogP contribution in [0.2, 0.25) is 0 Å². The molecule has 0 unspecified atom stereocenters. The molecule has 5 heterocycles. The zero-order chi connectivity index (χ0) is 19.6. The summed E-state index contributed by atoms with van der Waals surface area (Å²) in [7, 11) is 0. The number of rotatable bonds is 4. The molecule has 0 aliphatic carbocycles. The fourth-order valence-electron chi connectivity index (χ4n) is 3.84. The number of nitrogens with zero attached hydrogens (tertiary/aromatic N) is 6. The molecule has 0 N–H and O–H groups in total. The van der Waals surface area contributed by atoms with E-state index >= 15 is 0 Å². The van der Waals surface area contributed by atoms with Gasteiger partial charge in [-0.2, -0.15) is 0 Å². The van der Waals surface area contributed by atoms with E-state index in [1.807, 2.05) is 31.5 Å². The smallest absolute Gasteiger partial charge is 0.225 e. The fourth-order valence-corrected chi connectivity index (χ4v) is 3.84. The van der Waals surface area contributed by atoms with Gasteiger partial charge in [0.25, 0.3) is 0 Å². The van der Waals surface area contributed by atoms with E-state index in [4.69, 9.17) is 19.2 Å². The van der Waals surface area contributed by atoms with Crippen LogP contribution in [0, 0.1) is 6.92 Å². The molecule has 2 fully saturated rings. The quantitative estimate of drug-likeness (QED) is 0.670. The third kappa shape index (κ3) is 3.67. The SMILES string of the molecule is Cc1cc(-c2cnc(N3CCCC3)nc2-c2ccc(N3CCOCC3)nc2)on1. The number of hydrogen-bond donors (Lipinski definition) is 0. The molecule has 0 radical (unpaired) electrons. The van der Waals surface area contributed by atoms with Crippen molar-refractivity contribution in [1.82, 2.24) is 20.1 Å². The molecular formula is C21H24N6O2. The molecule has 2 aliphatic rings. The van der Waals surface area contributed by atoms with Crippen molar-refractivity contribution in [1.29, 1.82) is 0 Å². The van der Waals surface area contributed by atoms with E-state index in [2.05, 4.69) is 26.0 Å². The van der Waals surface area contributed by atoms with Gasteiger partial charge in [-0.1, -0.05) is 5.16 Å². The molecule has 0 aromatic carbocycles. The first kappa shape index (κ1) is 18.1. The molecule has 150 valence electrons. The Morgan fingerprint density at radius 1 is 0.931 bits per heavy atom. The second-order valence-electron chi connectivity index (χ2n) is 7.46. The molecule has 8 heteroatoms. The largest absolute Gasteiger partial charge is 0.378 e. The number of aromatic nitrogens is 4. The molecule has 0 spiro atoms. The lowest BCUT2D eigenvalue weighted by molar-refractivity contribution is 0.122. The van der Waals surface area contributed by atoms with Gasteiger partial charge in [-0.3, -0.25) is 0 Å². The number of pyridine rings is 1. The van der Waals surface area contributed by atoms with Gasteiger partial charge in [0.2, 0.25) is 5.95 Å². The van der Waals surface area contributed by atoms with Crippen LogP contribution in [0.4, 0.5) is 11.8 Å². The highest BCUT2D eigenvalue weighted by Crippen LogP contribution is 2.32. The van der Waals surface area contributed by atoms with Crippen LogP contribution in [0.5, 0.6) is 0 Å². The lowest BCUT2D eigenvalue weighted by atomic mass is 10.1. The third-order valence-electron chi connectivity index (χ3n) is 5.41. The minimum Gasteiger partial charge on any atom is -0.378 e. The summed E-state index contributed by atoms with van der Waals surface area (Å²) in [4.78, 5) is 18.7. The first-order valence-electron chi connectivity index (χ1n) is 10.1. The highest BCUT2D eigenvalue weighted by molar-refractivity contribution is 5.78. The second-order valence-corrected chi connectivity index (χ2v) is 7.46. The monoisotopic (exact) mass is 392 g/mol. The predicted octanol–water partition coefficient (Wildman–Crippen LogP) is 2.94. The highest BCUT2D eigenvalue weighted by Gasteiger charge is 2.21. The molecule has 0 amide bonds. The van der Waals surface area contributed by atoms with Crippen molar-refractivity contribution in [3.63, 3.8) is 0 Å². The number of morpholine rings is 1. The first-order valence-corrected chi connectivity index (χ1v) is 10.1. The fraction of sp³-hybridized carbons (Fsp3) is 0.429. The van der Waals surface area contributed by atoms with Crippen molar-refractivity contribution in [3.8, 4) is 22.6 Å². The summed E-state index contributed by atoms with van der Waals surface area (Å²) in [5, 5.41) is 4.03. The molecule has 2 saturated heterocycles. The summed E-state index contributed by atoms with van der Waals surface area (Å²) in [6, 6.07) is 6.03. The van der Waals surface area contributed by atoms with Crippen LogP contribution in [-0.2, 0) is 4.74 Å². The van der Waals surface area contributed by atoms with Gasteiger partial charge in [0.05, 0.1) is 30.2 Å². The van der Waals surface area contributed by atoms with Crippen LogP contribution in [0.1, 0.15) is 18.5 Å². The molecular weight excluding hydrogens is 368 g/mol. The van der Waals surface area contributed by atoms with Gasteiger partial charge < -0.3 is 19.1 Å². The Hall–Kier alpha value is -3.00. The molecule has 8 nitrogen and oxygen atoms in total. The Morgan fingerprint density at radius 2 is 1.76 bits per heavy atom. The third-order valence-corrected chi connectivity index (χ3v) is 5.41. The minimum absolute atomic E-state index is 0.669. The van der Waals surface area contributed by atoms with Gasteiger partial charge in [0.15, 0.2) is 5.76 Å². The number of anilines is 2. The zero-order valence-electron chi connectivity index (χ0n) is 16.5. The highest BCUT2D eigenvalue weighted by atomic mass is 16.5. The number of hydrogen-bond acceptors (Lipinski definition) is 8. The molecule has 29 heavy (non-hydrogen) atoms. The maximum absolute atomic E-state index is 5.51. The van der Waals surface area contributed by atoms with E-state index in [9.17, 15) is 0 Å². The second kappa shape index (κ2) is 7.79. The summed E-state index contributed by atoms with van der Waals surface area (Å²) in [6.07, 6.45) is 6.08. The summed E-state index contributed by atoms with van der Waals surface area (Å²) in [6.45, 7) is 7.10. The van der Waals surface area contributed by atoms with Gasteiger partial charge in [-0.05, 0) is 31.9 Å². The Balaban J connectivity index is 1.53. The van der Waals surface area contributed by atoms with E-state index in [-0.39, 0.29) is 0 Å². The summed E-state index contributed by atoms with van der Waals surface area (Å²) in [5.41, 5.74) is 3.41. The van der Waals surface area contributed by atoms with Gasteiger partial charge in [0.1, 0.15) is 5.82 Å². The van der Waals surface area contributed by atoms with Crippen molar-refractivity contribution < 1.29 is 9.26 Å². The Kier molecular flexibility index (Phi) is 4.85. The van der Waals surface area contributed by atoms with E-state index in [1.165, 1.54) is 12.8 Å². The molecule has 3 aromatic rings. The van der Waals surface area contributed by atoms with Crippen LogP contribution in [0.25, 0.3) is 22.6 Å². The first-order chi connectivity index (χ1) is 14.3. The van der Waals surface area contributed by atoms with Crippen LogP contribution in [0.3, 0.4) is 0 Å². The van der Waals surface area contributed by atoms with Crippen LogP contribution >= 0.6 is 0 Å². The summed E-state index contributed by atoms with van der Waals surface area (Å²) >= 11 is 0. The van der Waals surface area contributed by atoms with Crippen LogP contribution in [-0.4, -0.2) is 59.5 Å². The molecule has 5 rings (SSSR count). The molecule has 0 bridgehead atoms. The lowest BCUT2D eigenvalue weighted by Crippen LogP contribution is -2.36. The van der Waals surface area contributed by atoms with Crippen molar-refractivity contribution in [3.05, 3.63) is 36.3 Å². The van der Waals surface area contributed by atoms with Gasteiger partial charge in [-0.15, -0.1) is 0 Å². The molecule has 0 atom stereocenters. The van der Waals surface area contributed by atoms with E-state index in [0.29, 0.717) is 5.76 Å². The van der Waals surface area contributed by atoms with E-state index < -0.39 is 0 Å². The summed E-state index contributed by atoms with van der Waals surface area (Å²) < 4.78 is 10.9. The maximum Gasteiger partial charge on any atom is 0.225 e. The average Bonchev–Trinajstić information content (AvgIpc) is 3.46. The van der Waals surface area contributed by atoms with Crippen molar-refractivity contribution in [2.75, 3.05) is 49.2 Å². The standard InChI is InChI=1S/C21H24N6O2/c1-15-12-18(29-25-15)17-14-23-21(27-6-2-3-7-27)24-20(17)16-4-5-19(22-13-16)26-8-10-28-11-9-26/h4-5,12-14H,2-3,6-11H2,1H3. The van der Waals surface area contributed by atoms with Crippen molar-refractivity contribution >= 4 is 11.8 Å². The zero-order valence-corrected chi connectivity index (χ0v) is 16.5. The number of ether oxygens (including phenoxy) is 1. The van der Waals surface area contributed by atoms with E-state index in [1.54, 1.807) is 0 Å². The minimum atomic E-state index is 0.669. The van der Waals surface area contributed by atoms with Crippen LogP contribution < -0.4 is 9.80 Å². The van der Waals surface area contributed by atoms with Gasteiger partial charge >= 0.3 is 0 Å². The van der Waals surface area contributed by atoms with E-state index in [0.717, 1.165) is 73.7 Å². The van der Waals surface area contributed by atoms with Crippen LogP contribution in [0.15, 0.2) is 35.1 Å². The normalized spacial score (nSPS) is 17.1. The molecule has 2 aliphatic heterocycles. The van der Waals surface area contributed by atoms with Gasteiger partial charge in [-0.25, -0.2) is 15.0 Å². The number of aryl methyl sites for hydroxylation is 1. The topological polar surface area (TPSA) is 80.4 Å². The summed E-state index contributed by atoms with van der Waals surface area (Å²) in [5.74, 6) is 2.39. The Bertz CT molecular complexity index is 975. The molecule has 3 aromatic heterocycles. The predicted molar refractivity (Wildman–Crippen MR) is 110 cm³/mol. The maximum atomic E-state index is 5.51. The average molecular weight is 392 g/mol. The van der Waals surface area contributed by atoms with Crippen molar-refractivity contribution in [2.45, 2.75) is 19.8 Å².